The highest BCUT2D eigenvalue weighted by atomic mass is 16.6. The lowest BCUT2D eigenvalue weighted by atomic mass is 10.2. The van der Waals surface area contributed by atoms with E-state index in [0.717, 1.165) is 0 Å². The Morgan fingerprint density at radius 2 is 1.72 bits per heavy atom. The molecular formula is C12H23NO5. The molecule has 0 aliphatic rings. The Morgan fingerprint density at radius 3 is 2.22 bits per heavy atom. The summed E-state index contributed by atoms with van der Waals surface area (Å²) in [7, 11) is 3.01. The zero-order valence-corrected chi connectivity index (χ0v) is 11.8. The molecule has 0 fully saturated rings. The van der Waals surface area contributed by atoms with Gasteiger partial charge in [0.25, 0.3) is 0 Å². The summed E-state index contributed by atoms with van der Waals surface area (Å²) in [5.74, 6) is -0.171. The molecule has 0 aliphatic heterocycles. The molecule has 0 saturated heterocycles. The first-order chi connectivity index (χ1) is 8.40. The minimum Gasteiger partial charge on any atom is -0.464 e. The smallest absolute Gasteiger partial charge is 0.410 e. The van der Waals surface area contributed by atoms with Crippen molar-refractivity contribution in [2.24, 2.45) is 5.92 Å². The number of carbonyl (C=O) groups is 2. The molecule has 1 atom stereocenters. The van der Waals surface area contributed by atoms with Gasteiger partial charge in [0.2, 0.25) is 0 Å². The lowest BCUT2D eigenvalue weighted by Gasteiger charge is -2.23. The fourth-order valence-corrected chi connectivity index (χ4v) is 1.000. The summed E-state index contributed by atoms with van der Waals surface area (Å²) in [5.41, 5.74) is 0. The van der Waals surface area contributed by atoms with Gasteiger partial charge in [-0.25, -0.2) is 9.59 Å². The number of esters is 1. The van der Waals surface area contributed by atoms with Crippen LogP contribution in [-0.2, 0) is 19.0 Å². The number of hydrogen-bond acceptors (Lipinski definition) is 5. The number of likely N-dealkylation sites (N-methyl/N-ethyl adjacent to an activating group) is 1. The molecule has 106 valence electrons. The molecule has 6 heteroatoms. The van der Waals surface area contributed by atoms with Gasteiger partial charge in [0.15, 0.2) is 0 Å². The van der Waals surface area contributed by atoms with Gasteiger partial charge in [0, 0.05) is 14.2 Å². The monoisotopic (exact) mass is 261 g/mol. The van der Waals surface area contributed by atoms with Crippen LogP contribution in [0.2, 0.25) is 0 Å². The van der Waals surface area contributed by atoms with Crippen LogP contribution >= 0.6 is 0 Å². The Balaban J connectivity index is 4.10. The molecule has 0 saturated carbocycles. The summed E-state index contributed by atoms with van der Waals surface area (Å²) in [6.45, 7) is 6.32. The van der Waals surface area contributed by atoms with E-state index in [1.807, 2.05) is 13.8 Å². The Bertz CT molecular complexity index is 267. The van der Waals surface area contributed by atoms with E-state index >= 15 is 0 Å². The minimum atomic E-state index is -0.668. The Morgan fingerprint density at radius 1 is 1.11 bits per heavy atom. The van der Waals surface area contributed by atoms with Crippen LogP contribution < -0.4 is 0 Å². The molecule has 1 unspecified atom stereocenters. The molecule has 0 radical (unpaired) electrons. The van der Waals surface area contributed by atoms with E-state index in [1.165, 1.54) is 19.1 Å². The van der Waals surface area contributed by atoms with Crippen LogP contribution in [0.4, 0.5) is 4.79 Å². The first-order valence-corrected chi connectivity index (χ1v) is 5.95. The fourth-order valence-electron chi connectivity index (χ4n) is 1.000. The van der Waals surface area contributed by atoms with Gasteiger partial charge in [0.05, 0.1) is 13.2 Å². The first-order valence-electron chi connectivity index (χ1n) is 5.95. The number of carbonyl (C=O) groups excluding carboxylic acids is 2. The highest BCUT2D eigenvalue weighted by Crippen LogP contribution is 2.03. The maximum Gasteiger partial charge on any atom is 0.410 e. The number of nitrogens with zero attached hydrogens (tertiary/aromatic N) is 1. The van der Waals surface area contributed by atoms with Crippen LogP contribution in [0.15, 0.2) is 0 Å². The Kier molecular flexibility index (Phi) is 8.11. The molecule has 0 rings (SSSR count). The van der Waals surface area contributed by atoms with Gasteiger partial charge in [0.1, 0.15) is 12.6 Å². The van der Waals surface area contributed by atoms with Gasteiger partial charge in [-0.1, -0.05) is 13.8 Å². The molecule has 0 aliphatic carbocycles. The molecule has 0 N–H and O–H groups in total. The van der Waals surface area contributed by atoms with Crippen molar-refractivity contribution in [3.63, 3.8) is 0 Å². The largest absolute Gasteiger partial charge is 0.464 e. The van der Waals surface area contributed by atoms with E-state index in [9.17, 15) is 9.59 Å². The molecule has 0 aromatic heterocycles. The van der Waals surface area contributed by atoms with E-state index in [0.29, 0.717) is 13.2 Å². The summed E-state index contributed by atoms with van der Waals surface area (Å²) in [4.78, 5) is 24.4. The van der Waals surface area contributed by atoms with Crippen LogP contribution in [0, 0.1) is 5.92 Å². The third kappa shape index (κ3) is 6.44. The number of hydrogen-bond donors (Lipinski definition) is 0. The summed E-state index contributed by atoms with van der Waals surface area (Å²) in [6, 6.07) is -0.668. The lowest BCUT2D eigenvalue weighted by molar-refractivity contribution is -0.149. The predicted molar refractivity (Wildman–Crippen MR) is 66.2 cm³/mol. The zero-order chi connectivity index (χ0) is 14.1. The topological polar surface area (TPSA) is 65.1 Å². The fraction of sp³-hybridized carbons (Fsp3) is 0.833. The van der Waals surface area contributed by atoms with Crippen molar-refractivity contribution in [1.82, 2.24) is 4.90 Å². The average molecular weight is 261 g/mol. The van der Waals surface area contributed by atoms with E-state index < -0.39 is 18.1 Å². The van der Waals surface area contributed by atoms with Gasteiger partial charge < -0.3 is 14.2 Å². The van der Waals surface area contributed by atoms with E-state index in [1.54, 1.807) is 6.92 Å². The normalized spacial score (nSPS) is 12.1. The summed E-state index contributed by atoms with van der Waals surface area (Å²) in [6.07, 6.45) is -0.568. The molecule has 0 heterocycles. The van der Waals surface area contributed by atoms with Crippen LogP contribution in [0.1, 0.15) is 20.8 Å². The number of methoxy groups -OCH3 is 1. The van der Waals surface area contributed by atoms with Gasteiger partial charge in [-0.2, -0.15) is 0 Å². The maximum atomic E-state index is 11.6. The number of amides is 1. The maximum absolute atomic E-state index is 11.6. The second-order valence-corrected chi connectivity index (χ2v) is 4.42. The van der Waals surface area contributed by atoms with E-state index in [-0.39, 0.29) is 12.5 Å². The Labute approximate surface area is 108 Å². The standard InChI is InChI=1S/C12H23NO5/c1-9(2)8-18-11(14)10(3)13(4)12(15)17-7-6-16-5/h9-10H,6-8H2,1-5H3. The molecule has 6 nitrogen and oxygen atoms in total. The van der Waals surface area contributed by atoms with Crippen molar-refractivity contribution in [2.45, 2.75) is 26.8 Å². The van der Waals surface area contributed by atoms with Crippen molar-refractivity contribution in [3.8, 4) is 0 Å². The predicted octanol–water partition coefficient (Wildman–Crippen LogP) is 1.29. The molecule has 1 amide bonds. The summed E-state index contributed by atoms with van der Waals surface area (Å²) >= 11 is 0. The minimum absolute atomic E-state index is 0.160. The van der Waals surface area contributed by atoms with Crippen molar-refractivity contribution in [2.75, 3.05) is 34.0 Å². The lowest BCUT2D eigenvalue weighted by Crippen LogP contribution is -2.42. The molecule has 18 heavy (non-hydrogen) atoms. The zero-order valence-electron chi connectivity index (χ0n) is 11.8. The third-order valence-corrected chi connectivity index (χ3v) is 2.28. The Hall–Kier alpha value is -1.30. The summed E-state index contributed by atoms with van der Waals surface area (Å²) < 4.78 is 14.7. The van der Waals surface area contributed by atoms with Crippen LogP contribution in [0.5, 0.6) is 0 Å². The third-order valence-electron chi connectivity index (χ3n) is 2.28. The van der Waals surface area contributed by atoms with Crippen molar-refractivity contribution >= 4 is 12.1 Å². The van der Waals surface area contributed by atoms with Crippen LogP contribution in [-0.4, -0.2) is 57.0 Å². The van der Waals surface area contributed by atoms with Crippen molar-refractivity contribution in [1.29, 1.82) is 0 Å². The van der Waals surface area contributed by atoms with E-state index in [4.69, 9.17) is 14.2 Å². The van der Waals surface area contributed by atoms with Crippen LogP contribution in [0.3, 0.4) is 0 Å². The highest BCUT2D eigenvalue weighted by molar-refractivity contribution is 5.80. The molecule has 0 aromatic rings. The highest BCUT2D eigenvalue weighted by Gasteiger charge is 2.24. The quantitative estimate of drug-likeness (QED) is 0.510. The van der Waals surface area contributed by atoms with E-state index in [2.05, 4.69) is 0 Å². The van der Waals surface area contributed by atoms with Gasteiger partial charge in [-0.05, 0) is 12.8 Å². The second-order valence-electron chi connectivity index (χ2n) is 4.42. The van der Waals surface area contributed by atoms with Crippen LogP contribution in [0.25, 0.3) is 0 Å². The summed E-state index contributed by atoms with van der Waals surface area (Å²) in [5, 5.41) is 0. The average Bonchev–Trinajstić information content (AvgIpc) is 2.34. The number of ether oxygens (including phenoxy) is 3. The molecule has 0 bridgehead atoms. The molecule has 0 spiro atoms. The van der Waals surface area contributed by atoms with Gasteiger partial charge in [-0.3, -0.25) is 4.90 Å². The SMILES string of the molecule is COCCOC(=O)N(C)C(C)C(=O)OCC(C)C. The van der Waals surface area contributed by atoms with Gasteiger partial charge in [-0.15, -0.1) is 0 Å². The van der Waals surface area contributed by atoms with Crippen molar-refractivity contribution < 1.29 is 23.8 Å². The molecule has 0 aromatic carbocycles. The van der Waals surface area contributed by atoms with Crippen molar-refractivity contribution in [3.05, 3.63) is 0 Å². The first kappa shape index (κ1) is 16.7. The van der Waals surface area contributed by atoms with Gasteiger partial charge >= 0.3 is 12.1 Å². The second kappa shape index (κ2) is 8.74. The number of rotatable bonds is 7. The molecular weight excluding hydrogens is 238 g/mol.